The van der Waals surface area contributed by atoms with Gasteiger partial charge in [-0.1, -0.05) is 12.2 Å². The van der Waals surface area contributed by atoms with Crippen molar-refractivity contribution in [3.8, 4) is 0 Å². The van der Waals surface area contributed by atoms with Crippen LogP contribution in [-0.4, -0.2) is 17.2 Å². The van der Waals surface area contributed by atoms with E-state index in [9.17, 15) is 0 Å². The molecule has 0 aliphatic carbocycles. The van der Waals surface area contributed by atoms with Gasteiger partial charge in [0.05, 0.1) is 0 Å². The van der Waals surface area contributed by atoms with Crippen LogP contribution in [0.25, 0.3) is 0 Å². The van der Waals surface area contributed by atoms with E-state index in [2.05, 4.69) is 9.98 Å². The lowest BCUT2D eigenvalue weighted by atomic mass is 10.0. The molecule has 1 aliphatic rings. The summed E-state index contributed by atoms with van der Waals surface area (Å²) in [7, 11) is 0. The average Bonchev–Trinajstić information content (AvgIpc) is 2.20. The number of nitrogens with zero attached hydrogens (tertiary/aromatic N) is 1. The van der Waals surface area contributed by atoms with Crippen LogP contribution >= 0.6 is 12.2 Å². The molecule has 0 aromatic carbocycles. The van der Waals surface area contributed by atoms with E-state index in [1.807, 2.05) is 18.3 Å². The smallest absolute Gasteiger partial charge is 0.103 e. The Morgan fingerprint density at radius 2 is 2.23 bits per heavy atom. The minimum absolute atomic E-state index is 0.778. The zero-order valence-electron chi connectivity index (χ0n) is 7.42. The van der Waals surface area contributed by atoms with Crippen molar-refractivity contribution in [1.29, 1.82) is 0 Å². The van der Waals surface area contributed by atoms with E-state index < -0.39 is 0 Å². The molecule has 1 aliphatic heterocycles. The Labute approximate surface area is 82.7 Å². The number of nitrogens with one attached hydrogen (secondary N) is 1. The van der Waals surface area contributed by atoms with E-state index in [1.165, 1.54) is 24.1 Å². The molecule has 0 spiro atoms. The zero-order valence-corrected chi connectivity index (χ0v) is 8.23. The Kier molecular flexibility index (Phi) is 2.54. The third kappa shape index (κ3) is 2.04. The third-order valence-corrected chi connectivity index (χ3v) is 2.50. The van der Waals surface area contributed by atoms with Gasteiger partial charge in [0.2, 0.25) is 0 Å². The molecule has 3 heteroatoms. The summed E-state index contributed by atoms with van der Waals surface area (Å²) >= 11 is 4.98. The molecule has 0 radical (unpaired) electrons. The SMILES string of the molecule is S=c1ccc(C2=NCCCC2)c[nH]1. The number of pyridine rings is 1. The molecule has 1 N–H and O–H groups in total. The van der Waals surface area contributed by atoms with Gasteiger partial charge >= 0.3 is 0 Å². The molecule has 2 rings (SSSR count). The number of aromatic nitrogens is 1. The predicted molar refractivity (Wildman–Crippen MR) is 56.9 cm³/mol. The monoisotopic (exact) mass is 192 g/mol. The van der Waals surface area contributed by atoms with Crippen molar-refractivity contribution in [2.45, 2.75) is 19.3 Å². The fourth-order valence-corrected chi connectivity index (χ4v) is 1.65. The highest BCUT2D eigenvalue weighted by molar-refractivity contribution is 7.71. The summed E-state index contributed by atoms with van der Waals surface area (Å²) in [6.45, 7) is 0.977. The molecule has 13 heavy (non-hydrogen) atoms. The van der Waals surface area contributed by atoms with Crippen molar-refractivity contribution in [2.75, 3.05) is 6.54 Å². The molecule has 2 heterocycles. The van der Waals surface area contributed by atoms with Crippen molar-refractivity contribution < 1.29 is 0 Å². The lowest BCUT2D eigenvalue weighted by Crippen LogP contribution is -2.07. The second kappa shape index (κ2) is 3.83. The van der Waals surface area contributed by atoms with Crippen molar-refractivity contribution >= 4 is 17.9 Å². The van der Waals surface area contributed by atoms with Gasteiger partial charge in [0.1, 0.15) is 4.64 Å². The first-order valence-electron chi connectivity index (χ1n) is 4.59. The van der Waals surface area contributed by atoms with Gasteiger partial charge in [-0.2, -0.15) is 0 Å². The number of rotatable bonds is 1. The topological polar surface area (TPSA) is 28.1 Å². The molecular weight excluding hydrogens is 180 g/mol. The largest absolute Gasteiger partial charge is 0.352 e. The maximum absolute atomic E-state index is 4.98. The van der Waals surface area contributed by atoms with Crippen LogP contribution in [0.3, 0.4) is 0 Å². The average molecular weight is 192 g/mol. The summed E-state index contributed by atoms with van der Waals surface area (Å²) in [5, 5.41) is 0. The highest BCUT2D eigenvalue weighted by atomic mass is 32.1. The van der Waals surface area contributed by atoms with E-state index in [0.717, 1.165) is 17.6 Å². The molecule has 1 aromatic rings. The minimum Gasteiger partial charge on any atom is -0.352 e. The summed E-state index contributed by atoms with van der Waals surface area (Å²) in [5.74, 6) is 0. The van der Waals surface area contributed by atoms with Crippen molar-refractivity contribution in [3.63, 3.8) is 0 Å². The summed E-state index contributed by atoms with van der Waals surface area (Å²) in [4.78, 5) is 7.52. The lowest BCUT2D eigenvalue weighted by Gasteiger charge is -2.11. The van der Waals surface area contributed by atoms with Gasteiger partial charge < -0.3 is 4.98 Å². The zero-order chi connectivity index (χ0) is 9.10. The number of H-pyrrole nitrogens is 1. The maximum Gasteiger partial charge on any atom is 0.103 e. The van der Waals surface area contributed by atoms with Gasteiger partial charge in [-0.25, -0.2) is 0 Å². The van der Waals surface area contributed by atoms with Crippen molar-refractivity contribution in [3.05, 3.63) is 28.5 Å². The summed E-state index contributed by atoms with van der Waals surface area (Å²) in [5.41, 5.74) is 2.41. The second-order valence-corrected chi connectivity index (χ2v) is 3.67. The summed E-state index contributed by atoms with van der Waals surface area (Å²) in [6, 6.07) is 3.96. The molecule has 2 nitrogen and oxygen atoms in total. The minimum atomic E-state index is 0.778. The number of hydrogen-bond donors (Lipinski definition) is 1. The Morgan fingerprint density at radius 3 is 2.85 bits per heavy atom. The predicted octanol–water partition coefficient (Wildman–Crippen LogP) is 2.72. The Morgan fingerprint density at radius 1 is 1.31 bits per heavy atom. The first-order chi connectivity index (χ1) is 6.36. The van der Waals surface area contributed by atoms with Crippen LogP contribution < -0.4 is 0 Å². The van der Waals surface area contributed by atoms with Crippen LogP contribution in [0.4, 0.5) is 0 Å². The standard InChI is InChI=1S/C10H12N2S/c13-10-5-4-8(7-12-10)9-3-1-2-6-11-9/h4-5,7H,1-3,6H2,(H,12,13). The molecule has 1 aromatic heterocycles. The summed E-state index contributed by atoms with van der Waals surface area (Å²) in [6.07, 6.45) is 5.54. The second-order valence-electron chi connectivity index (χ2n) is 3.23. The molecule has 0 atom stereocenters. The van der Waals surface area contributed by atoms with Gasteiger partial charge in [0.15, 0.2) is 0 Å². The van der Waals surface area contributed by atoms with Crippen LogP contribution in [0.5, 0.6) is 0 Å². The van der Waals surface area contributed by atoms with Crippen LogP contribution in [-0.2, 0) is 0 Å². The fraction of sp³-hybridized carbons (Fsp3) is 0.400. The number of aromatic amines is 1. The molecule has 0 saturated heterocycles. The van der Waals surface area contributed by atoms with Crippen molar-refractivity contribution in [1.82, 2.24) is 4.98 Å². The van der Waals surface area contributed by atoms with Gasteiger partial charge in [0.25, 0.3) is 0 Å². The molecule has 0 amide bonds. The van der Waals surface area contributed by atoms with Gasteiger partial charge in [-0.15, -0.1) is 0 Å². The van der Waals surface area contributed by atoms with Gasteiger partial charge in [-0.3, -0.25) is 4.99 Å². The van der Waals surface area contributed by atoms with E-state index >= 15 is 0 Å². The highest BCUT2D eigenvalue weighted by Crippen LogP contribution is 2.12. The quantitative estimate of drug-likeness (QED) is 0.681. The summed E-state index contributed by atoms with van der Waals surface area (Å²) < 4.78 is 0.778. The molecular formula is C10H12N2S. The van der Waals surface area contributed by atoms with E-state index in [0.29, 0.717) is 0 Å². The Bertz CT molecular complexity index is 358. The first-order valence-corrected chi connectivity index (χ1v) is 4.99. The number of aliphatic imine (C=N–C) groups is 1. The molecule has 0 unspecified atom stereocenters. The Hall–Kier alpha value is -0.960. The normalized spacial score (nSPS) is 16.8. The van der Waals surface area contributed by atoms with Gasteiger partial charge in [0, 0.05) is 24.0 Å². The lowest BCUT2D eigenvalue weighted by molar-refractivity contribution is 0.738. The highest BCUT2D eigenvalue weighted by Gasteiger charge is 2.06. The van der Waals surface area contributed by atoms with Crippen molar-refractivity contribution in [2.24, 2.45) is 4.99 Å². The van der Waals surface area contributed by atoms with Crippen LogP contribution in [0.15, 0.2) is 23.3 Å². The molecule has 0 saturated carbocycles. The van der Waals surface area contributed by atoms with Crippen LogP contribution in [0.2, 0.25) is 0 Å². The molecule has 0 fully saturated rings. The third-order valence-electron chi connectivity index (χ3n) is 2.24. The molecule has 0 bridgehead atoms. The van der Waals surface area contributed by atoms with Crippen LogP contribution in [0.1, 0.15) is 24.8 Å². The van der Waals surface area contributed by atoms with E-state index in [-0.39, 0.29) is 0 Å². The van der Waals surface area contributed by atoms with E-state index in [1.54, 1.807) is 0 Å². The first kappa shape index (κ1) is 8.63. The molecule has 68 valence electrons. The fourth-order valence-electron chi connectivity index (χ4n) is 1.52. The van der Waals surface area contributed by atoms with Gasteiger partial charge in [-0.05, 0) is 31.4 Å². The van der Waals surface area contributed by atoms with E-state index in [4.69, 9.17) is 12.2 Å². The Balaban J connectivity index is 2.29. The number of hydrogen-bond acceptors (Lipinski definition) is 2. The maximum atomic E-state index is 4.98. The van der Waals surface area contributed by atoms with Crippen LogP contribution in [0, 0.1) is 4.64 Å².